The number of benzene rings is 1. The van der Waals surface area contributed by atoms with Gasteiger partial charge >= 0.3 is 11.9 Å². The number of esters is 2. The van der Waals surface area contributed by atoms with Gasteiger partial charge in [0.25, 0.3) is 5.91 Å². The minimum atomic E-state index is -0.554. The molecule has 0 aliphatic heterocycles. The van der Waals surface area contributed by atoms with Crippen molar-refractivity contribution in [2.45, 2.75) is 19.8 Å². The first kappa shape index (κ1) is 19.5. The standard InChI is InChI=1S/C17H24N2O5/c1-4-23-16(21)6-5-11-18-15(20)12-24-17(22)13-7-9-14(10-8-13)19(2)3/h7-10H,4-6,11-12H2,1-3H3,(H,18,20). The maximum Gasteiger partial charge on any atom is 0.338 e. The van der Waals surface area contributed by atoms with Gasteiger partial charge < -0.3 is 19.7 Å². The molecule has 0 atom stereocenters. The number of rotatable bonds is 9. The minimum absolute atomic E-state index is 0.242. The summed E-state index contributed by atoms with van der Waals surface area (Å²) >= 11 is 0. The molecule has 1 aromatic carbocycles. The van der Waals surface area contributed by atoms with Gasteiger partial charge in [0, 0.05) is 32.7 Å². The van der Waals surface area contributed by atoms with Gasteiger partial charge in [-0.15, -0.1) is 0 Å². The number of hydrogen-bond donors (Lipinski definition) is 1. The molecule has 0 saturated carbocycles. The molecular weight excluding hydrogens is 312 g/mol. The van der Waals surface area contributed by atoms with Crippen molar-refractivity contribution in [2.75, 3.05) is 38.8 Å². The predicted octanol–water partition coefficient (Wildman–Crippen LogP) is 1.37. The van der Waals surface area contributed by atoms with E-state index >= 15 is 0 Å². The van der Waals surface area contributed by atoms with Crippen LogP contribution in [0.1, 0.15) is 30.1 Å². The lowest BCUT2D eigenvalue weighted by Gasteiger charge is -2.12. The van der Waals surface area contributed by atoms with Gasteiger partial charge in [0.05, 0.1) is 12.2 Å². The average Bonchev–Trinajstić information content (AvgIpc) is 2.57. The lowest BCUT2D eigenvalue weighted by molar-refractivity contribution is -0.143. The normalized spacial score (nSPS) is 9.96. The van der Waals surface area contributed by atoms with E-state index in [1.165, 1.54) is 0 Å². The molecule has 0 saturated heterocycles. The first-order chi connectivity index (χ1) is 11.4. The molecule has 0 aliphatic rings. The van der Waals surface area contributed by atoms with Crippen LogP contribution in [0.4, 0.5) is 5.69 Å². The Balaban J connectivity index is 2.26. The molecule has 0 radical (unpaired) electrons. The Labute approximate surface area is 141 Å². The third-order valence-corrected chi connectivity index (χ3v) is 3.14. The van der Waals surface area contributed by atoms with Crippen LogP contribution >= 0.6 is 0 Å². The topological polar surface area (TPSA) is 84.9 Å². The largest absolute Gasteiger partial charge is 0.466 e. The van der Waals surface area contributed by atoms with Gasteiger partial charge in [-0.25, -0.2) is 4.79 Å². The van der Waals surface area contributed by atoms with Crippen molar-refractivity contribution in [3.8, 4) is 0 Å². The van der Waals surface area contributed by atoms with Crippen LogP contribution < -0.4 is 10.2 Å². The molecule has 7 heteroatoms. The molecule has 0 bridgehead atoms. The summed E-state index contributed by atoms with van der Waals surface area (Å²) in [5, 5.41) is 2.58. The van der Waals surface area contributed by atoms with Crippen molar-refractivity contribution >= 4 is 23.5 Å². The summed E-state index contributed by atoms with van der Waals surface area (Å²) in [6, 6.07) is 6.89. The van der Waals surface area contributed by atoms with E-state index in [4.69, 9.17) is 9.47 Å². The van der Waals surface area contributed by atoms with Crippen molar-refractivity contribution in [3.05, 3.63) is 29.8 Å². The zero-order chi connectivity index (χ0) is 17.9. The fourth-order valence-corrected chi connectivity index (χ4v) is 1.85. The maximum atomic E-state index is 11.8. The van der Waals surface area contributed by atoms with Crippen molar-refractivity contribution in [3.63, 3.8) is 0 Å². The van der Waals surface area contributed by atoms with Crippen molar-refractivity contribution in [2.24, 2.45) is 0 Å². The summed E-state index contributed by atoms with van der Waals surface area (Å²) in [6.45, 7) is 2.05. The Bertz CT molecular complexity index is 555. The highest BCUT2D eigenvalue weighted by molar-refractivity contribution is 5.91. The van der Waals surface area contributed by atoms with Crippen molar-refractivity contribution in [1.29, 1.82) is 0 Å². The van der Waals surface area contributed by atoms with Crippen LogP contribution in [0.3, 0.4) is 0 Å². The third kappa shape index (κ3) is 7.13. The lowest BCUT2D eigenvalue weighted by atomic mass is 10.2. The SMILES string of the molecule is CCOC(=O)CCCNC(=O)COC(=O)c1ccc(N(C)C)cc1. The molecule has 1 aromatic rings. The van der Waals surface area contributed by atoms with Crippen LogP contribution in [0, 0.1) is 0 Å². The molecule has 0 unspecified atom stereocenters. The zero-order valence-corrected chi connectivity index (χ0v) is 14.3. The molecule has 24 heavy (non-hydrogen) atoms. The quantitative estimate of drug-likeness (QED) is 0.541. The van der Waals surface area contributed by atoms with Gasteiger partial charge in [-0.05, 0) is 37.6 Å². The first-order valence-corrected chi connectivity index (χ1v) is 7.81. The molecule has 1 rings (SSSR count). The van der Waals surface area contributed by atoms with E-state index < -0.39 is 11.9 Å². The molecule has 7 nitrogen and oxygen atoms in total. The van der Waals surface area contributed by atoms with Gasteiger partial charge in [-0.1, -0.05) is 0 Å². The number of nitrogens with zero attached hydrogens (tertiary/aromatic N) is 1. The maximum absolute atomic E-state index is 11.8. The smallest absolute Gasteiger partial charge is 0.338 e. The second kappa shape index (κ2) is 10.3. The van der Waals surface area contributed by atoms with E-state index in [0.29, 0.717) is 25.1 Å². The highest BCUT2D eigenvalue weighted by Gasteiger charge is 2.10. The molecule has 0 spiro atoms. The second-order valence-corrected chi connectivity index (χ2v) is 5.28. The Morgan fingerprint density at radius 2 is 1.75 bits per heavy atom. The molecule has 0 heterocycles. The average molecular weight is 336 g/mol. The van der Waals surface area contributed by atoms with Crippen LogP contribution in [0.5, 0.6) is 0 Å². The highest BCUT2D eigenvalue weighted by Crippen LogP contribution is 2.12. The number of nitrogens with one attached hydrogen (secondary N) is 1. The fraction of sp³-hybridized carbons (Fsp3) is 0.471. The van der Waals surface area contributed by atoms with Crippen LogP contribution in [0.25, 0.3) is 0 Å². The summed E-state index contributed by atoms with van der Waals surface area (Å²) in [4.78, 5) is 36.5. The predicted molar refractivity (Wildman–Crippen MR) is 89.9 cm³/mol. The van der Waals surface area contributed by atoms with E-state index in [2.05, 4.69) is 5.32 Å². The molecule has 132 valence electrons. The van der Waals surface area contributed by atoms with Gasteiger partial charge in [-0.2, -0.15) is 0 Å². The monoisotopic (exact) mass is 336 g/mol. The van der Waals surface area contributed by atoms with Gasteiger partial charge in [-0.3, -0.25) is 9.59 Å². The van der Waals surface area contributed by atoms with Crippen LogP contribution in [0.2, 0.25) is 0 Å². The first-order valence-electron chi connectivity index (χ1n) is 7.81. The molecule has 0 aliphatic carbocycles. The zero-order valence-electron chi connectivity index (χ0n) is 14.3. The summed E-state index contributed by atoms with van der Waals surface area (Å²) in [7, 11) is 3.80. The second-order valence-electron chi connectivity index (χ2n) is 5.28. The number of ether oxygens (including phenoxy) is 2. The van der Waals surface area contributed by atoms with Crippen molar-refractivity contribution < 1.29 is 23.9 Å². The molecule has 0 aromatic heterocycles. The summed E-state index contributed by atoms with van der Waals surface area (Å²) in [5.41, 5.74) is 1.35. The minimum Gasteiger partial charge on any atom is -0.466 e. The Morgan fingerprint density at radius 1 is 1.08 bits per heavy atom. The van der Waals surface area contributed by atoms with E-state index in [0.717, 1.165) is 5.69 Å². The number of hydrogen-bond acceptors (Lipinski definition) is 6. The fourth-order valence-electron chi connectivity index (χ4n) is 1.85. The molecule has 1 N–H and O–H groups in total. The number of anilines is 1. The summed E-state index contributed by atoms with van der Waals surface area (Å²) in [5.74, 6) is -1.25. The van der Waals surface area contributed by atoms with E-state index in [1.54, 1.807) is 31.2 Å². The molecule has 0 fully saturated rings. The molecule has 1 amide bonds. The van der Waals surface area contributed by atoms with Gasteiger partial charge in [0.15, 0.2) is 6.61 Å². The Hall–Kier alpha value is -2.57. The lowest BCUT2D eigenvalue weighted by Crippen LogP contribution is -2.30. The number of carbonyl (C=O) groups excluding carboxylic acids is 3. The van der Waals surface area contributed by atoms with E-state index in [9.17, 15) is 14.4 Å². The van der Waals surface area contributed by atoms with Crippen molar-refractivity contribution in [1.82, 2.24) is 5.32 Å². The number of carbonyl (C=O) groups is 3. The van der Waals surface area contributed by atoms with E-state index in [1.807, 2.05) is 19.0 Å². The van der Waals surface area contributed by atoms with Gasteiger partial charge in [0.2, 0.25) is 0 Å². The number of amides is 1. The van der Waals surface area contributed by atoms with Crippen LogP contribution in [-0.2, 0) is 19.1 Å². The summed E-state index contributed by atoms with van der Waals surface area (Å²) < 4.78 is 9.73. The van der Waals surface area contributed by atoms with Crippen LogP contribution in [0.15, 0.2) is 24.3 Å². The Morgan fingerprint density at radius 3 is 2.33 bits per heavy atom. The third-order valence-electron chi connectivity index (χ3n) is 3.14. The molecular formula is C17H24N2O5. The summed E-state index contributed by atoms with van der Waals surface area (Å²) in [6.07, 6.45) is 0.719. The highest BCUT2D eigenvalue weighted by atomic mass is 16.5. The van der Waals surface area contributed by atoms with E-state index in [-0.39, 0.29) is 19.0 Å². The van der Waals surface area contributed by atoms with Gasteiger partial charge in [0.1, 0.15) is 0 Å². The Kier molecular flexibility index (Phi) is 8.32. The van der Waals surface area contributed by atoms with Crippen LogP contribution in [-0.4, -0.2) is 51.7 Å².